The topological polar surface area (TPSA) is 59.0 Å². The van der Waals surface area contributed by atoms with Crippen LogP contribution in [0.15, 0.2) is 54.9 Å². The molecule has 1 atom stereocenters. The summed E-state index contributed by atoms with van der Waals surface area (Å²) in [6, 6.07) is 14.0. The summed E-state index contributed by atoms with van der Waals surface area (Å²) in [7, 11) is 0. The molecule has 1 aromatic carbocycles. The molecule has 1 aliphatic rings. The van der Waals surface area contributed by atoms with Gasteiger partial charge in [-0.3, -0.25) is 9.78 Å². The van der Waals surface area contributed by atoms with Gasteiger partial charge < -0.3 is 4.90 Å². The highest BCUT2D eigenvalue weighted by Gasteiger charge is 2.23. The number of pyridine rings is 1. The van der Waals surface area contributed by atoms with Crippen molar-refractivity contribution < 1.29 is 4.79 Å². The maximum Gasteiger partial charge on any atom is 0.274 e. The van der Waals surface area contributed by atoms with Crippen LogP contribution in [0, 0.1) is 5.92 Å². The molecule has 0 aliphatic carbocycles. The van der Waals surface area contributed by atoms with E-state index in [0.717, 1.165) is 44.3 Å². The van der Waals surface area contributed by atoms with Crippen LogP contribution in [0.5, 0.6) is 0 Å². The van der Waals surface area contributed by atoms with Crippen LogP contribution >= 0.6 is 0 Å². The molecule has 0 radical (unpaired) electrons. The Bertz CT molecular complexity index is 891. The maximum atomic E-state index is 12.6. The fourth-order valence-electron chi connectivity index (χ4n) is 3.79. The van der Waals surface area contributed by atoms with E-state index in [4.69, 9.17) is 0 Å². The molecule has 5 nitrogen and oxygen atoms in total. The van der Waals surface area contributed by atoms with E-state index in [1.165, 1.54) is 10.9 Å². The molecule has 5 heteroatoms. The average Bonchev–Trinajstić information content (AvgIpc) is 2.94. The number of carbonyl (C=O) groups excluding carboxylic acids is 1. The molecule has 3 heterocycles. The van der Waals surface area contributed by atoms with Gasteiger partial charge in [0.25, 0.3) is 5.91 Å². The van der Waals surface area contributed by atoms with Crippen LogP contribution in [0.3, 0.4) is 0 Å². The molecule has 2 aromatic heterocycles. The maximum absolute atomic E-state index is 12.6. The second-order valence-corrected chi connectivity index (χ2v) is 6.89. The van der Waals surface area contributed by atoms with Gasteiger partial charge in [-0.05, 0) is 55.4 Å². The molecule has 1 fully saturated rings. The van der Waals surface area contributed by atoms with Gasteiger partial charge in [-0.25, -0.2) is 0 Å². The lowest BCUT2D eigenvalue weighted by Gasteiger charge is -2.20. The molecule has 0 unspecified atom stereocenters. The Morgan fingerprint density at radius 2 is 1.92 bits per heavy atom. The van der Waals surface area contributed by atoms with Crippen molar-refractivity contribution in [2.45, 2.75) is 25.7 Å². The van der Waals surface area contributed by atoms with Gasteiger partial charge in [-0.2, -0.15) is 5.10 Å². The van der Waals surface area contributed by atoms with Crippen molar-refractivity contribution in [1.29, 1.82) is 0 Å². The van der Waals surface area contributed by atoms with Crippen LogP contribution in [0.1, 0.15) is 35.3 Å². The zero-order valence-corrected chi connectivity index (χ0v) is 14.7. The number of nitrogens with zero attached hydrogens (tertiary/aromatic N) is 4. The normalized spacial score (nSPS) is 17.8. The Balaban J connectivity index is 1.45. The number of rotatable bonds is 3. The zero-order chi connectivity index (χ0) is 17.8. The van der Waals surface area contributed by atoms with Gasteiger partial charge in [0.2, 0.25) is 0 Å². The molecule has 0 bridgehead atoms. The molecule has 1 aliphatic heterocycles. The van der Waals surface area contributed by atoms with Gasteiger partial charge in [0, 0.05) is 30.9 Å². The molecule has 1 saturated heterocycles. The summed E-state index contributed by atoms with van der Waals surface area (Å²) < 4.78 is 0. The van der Waals surface area contributed by atoms with E-state index in [0.29, 0.717) is 11.6 Å². The number of fused-ring (bicyclic) bond motifs is 1. The molecule has 4 rings (SSSR count). The van der Waals surface area contributed by atoms with Crippen LogP contribution in [0.25, 0.3) is 10.9 Å². The Morgan fingerprint density at radius 1 is 1.04 bits per heavy atom. The van der Waals surface area contributed by atoms with Crippen molar-refractivity contribution in [3.8, 4) is 0 Å². The van der Waals surface area contributed by atoms with E-state index in [1.807, 2.05) is 17.2 Å². The van der Waals surface area contributed by atoms with Crippen LogP contribution in [0.2, 0.25) is 0 Å². The predicted molar refractivity (Wildman–Crippen MR) is 101 cm³/mol. The van der Waals surface area contributed by atoms with Crippen molar-refractivity contribution >= 4 is 16.8 Å². The molecular weight excluding hydrogens is 324 g/mol. The SMILES string of the molecule is O=C(c1cccnn1)N1CCC[C@H](Cc2cccc3cccnc23)CC1. The summed E-state index contributed by atoms with van der Waals surface area (Å²) in [5, 5.41) is 8.97. The van der Waals surface area contributed by atoms with Crippen molar-refractivity contribution in [2.24, 2.45) is 5.92 Å². The van der Waals surface area contributed by atoms with Crippen LogP contribution in [-0.4, -0.2) is 39.1 Å². The number of amides is 1. The summed E-state index contributed by atoms with van der Waals surface area (Å²) in [5.41, 5.74) is 2.85. The minimum absolute atomic E-state index is 0.00872. The van der Waals surface area contributed by atoms with Crippen LogP contribution in [-0.2, 0) is 6.42 Å². The number of hydrogen-bond acceptors (Lipinski definition) is 4. The minimum Gasteiger partial charge on any atom is -0.337 e. The Labute approximate surface area is 153 Å². The lowest BCUT2D eigenvalue weighted by molar-refractivity contribution is 0.0753. The molecule has 0 N–H and O–H groups in total. The van der Waals surface area contributed by atoms with E-state index in [9.17, 15) is 4.79 Å². The van der Waals surface area contributed by atoms with Gasteiger partial charge in [0.1, 0.15) is 0 Å². The largest absolute Gasteiger partial charge is 0.337 e. The standard InChI is InChI=1S/C21H22N4O/c26-21(19-9-3-12-23-24-19)25-13-4-5-16(10-14-25)15-18-7-1-6-17-8-2-11-22-20(17)18/h1-3,6-9,11-12,16H,4-5,10,13-15H2/t16-/m0/s1. The lowest BCUT2D eigenvalue weighted by atomic mass is 9.91. The number of likely N-dealkylation sites (tertiary alicyclic amines) is 1. The number of aromatic nitrogens is 3. The van der Waals surface area contributed by atoms with E-state index >= 15 is 0 Å². The van der Waals surface area contributed by atoms with Crippen molar-refractivity contribution in [1.82, 2.24) is 20.1 Å². The Morgan fingerprint density at radius 3 is 2.81 bits per heavy atom. The fraction of sp³-hybridized carbons (Fsp3) is 0.333. The average molecular weight is 346 g/mol. The first kappa shape index (κ1) is 16.6. The number of hydrogen-bond donors (Lipinski definition) is 0. The van der Waals surface area contributed by atoms with Crippen LogP contribution in [0.4, 0.5) is 0 Å². The quantitative estimate of drug-likeness (QED) is 0.728. The summed E-state index contributed by atoms with van der Waals surface area (Å²) in [6.45, 7) is 1.57. The van der Waals surface area contributed by atoms with Crippen molar-refractivity contribution in [3.63, 3.8) is 0 Å². The Kier molecular flexibility index (Phi) is 4.86. The molecule has 132 valence electrons. The third-order valence-electron chi connectivity index (χ3n) is 5.15. The second kappa shape index (κ2) is 7.60. The third kappa shape index (κ3) is 3.57. The second-order valence-electron chi connectivity index (χ2n) is 6.89. The summed E-state index contributed by atoms with van der Waals surface area (Å²) >= 11 is 0. The first-order chi connectivity index (χ1) is 12.8. The van der Waals surface area contributed by atoms with Gasteiger partial charge in [0.05, 0.1) is 5.52 Å². The zero-order valence-electron chi connectivity index (χ0n) is 14.7. The monoisotopic (exact) mass is 346 g/mol. The third-order valence-corrected chi connectivity index (χ3v) is 5.15. The van der Waals surface area contributed by atoms with Gasteiger partial charge in [-0.15, -0.1) is 5.10 Å². The minimum atomic E-state index is -0.00872. The van der Waals surface area contributed by atoms with Gasteiger partial charge in [0.15, 0.2) is 5.69 Å². The molecular formula is C21H22N4O. The van der Waals surface area contributed by atoms with E-state index < -0.39 is 0 Å². The molecule has 3 aromatic rings. The van der Waals surface area contributed by atoms with Crippen LogP contribution < -0.4 is 0 Å². The van der Waals surface area contributed by atoms with E-state index in [1.54, 1.807) is 18.3 Å². The number of para-hydroxylation sites is 1. The fourth-order valence-corrected chi connectivity index (χ4v) is 3.79. The van der Waals surface area contributed by atoms with Crippen molar-refractivity contribution in [2.75, 3.05) is 13.1 Å². The molecule has 0 saturated carbocycles. The predicted octanol–water partition coefficient (Wildman–Crippen LogP) is 3.51. The van der Waals surface area contributed by atoms with Gasteiger partial charge in [-0.1, -0.05) is 24.3 Å². The summed E-state index contributed by atoms with van der Waals surface area (Å²) in [4.78, 5) is 19.1. The summed E-state index contributed by atoms with van der Waals surface area (Å²) in [5.74, 6) is 0.563. The van der Waals surface area contributed by atoms with E-state index in [-0.39, 0.29) is 5.91 Å². The van der Waals surface area contributed by atoms with Crippen molar-refractivity contribution in [3.05, 3.63) is 66.1 Å². The highest BCUT2D eigenvalue weighted by molar-refractivity contribution is 5.92. The number of carbonyl (C=O) groups is 1. The highest BCUT2D eigenvalue weighted by atomic mass is 16.2. The molecule has 0 spiro atoms. The first-order valence-electron chi connectivity index (χ1n) is 9.21. The summed E-state index contributed by atoms with van der Waals surface area (Å²) in [6.07, 6.45) is 7.63. The number of benzene rings is 1. The molecule has 1 amide bonds. The lowest BCUT2D eigenvalue weighted by Crippen LogP contribution is -2.32. The molecule has 26 heavy (non-hydrogen) atoms. The van der Waals surface area contributed by atoms with Gasteiger partial charge >= 0.3 is 0 Å². The van der Waals surface area contributed by atoms with E-state index in [2.05, 4.69) is 39.4 Å². The Hall–Kier alpha value is -2.82. The smallest absolute Gasteiger partial charge is 0.274 e. The first-order valence-corrected chi connectivity index (χ1v) is 9.21. The highest BCUT2D eigenvalue weighted by Crippen LogP contribution is 2.25.